The highest BCUT2D eigenvalue weighted by molar-refractivity contribution is 5.82. The molecule has 0 rings (SSSR count). The van der Waals surface area contributed by atoms with E-state index in [9.17, 15) is 22.8 Å². The Bertz CT molecular complexity index is 318. The van der Waals surface area contributed by atoms with Crippen LogP contribution in [0.4, 0.5) is 13.2 Å². The van der Waals surface area contributed by atoms with Crippen molar-refractivity contribution in [3.63, 3.8) is 0 Å². The fourth-order valence-electron chi connectivity index (χ4n) is 1.22. The van der Waals surface area contributed by atoms with Crippen molar-refractivity contribution in [1.82, 2.24) is 10.2 Å². The minimum absolute atomic E-state index is 0.107. The van der Waals surface area contributed by atoms with Gasteiger partial charge in [0.15, 0.2) is 0 Å². The van der Waals surface area contributed by atoms with Gasteiger partial charge in [0, 0.05) is 6.54 Å². The molecule has 18 heavy (non-hydrogen) atoms. The lowest BCUT2D eigenvalue weighted by atomic mass is 10.2. The summed E-state index contributed by atoms with van der Waals surface area (Å²) in [5.74, 6) is -2.11. The lowest BCUT2D eigenvalue weighted by Gasteiger charge is -2.27. The number of carboxylic acids is 1. The predicted octanol–water partition coefficient (Wildman–Crippen LogP) is 0.626. The molecule has 0 aromatic rings. The van der Waals surface area contributed by atoms with E-state index in [-0.39, 0.29) is 6.54 Å². The molecule has 0 saturated carbocycles. The van der Waals surface area contributed by atoms with Gasteiger partial charge in [0.1, 0.15) is 0 Å². The first-order valence-corrected chi connectivity index (χ1v) is 5.08. The van der Waals surface area contributed by atoms with Crippen LogP contribution in [0.25, 0.3) is 0 Å². The number of halogens is 3. The van der Waals surface area contributed by atoms with Crippen molar-refractivity contribution in [1.29, 1.82) is 0 Å². The van der Waals surface area contributed by atoms with Gasteiger partial charge in [0.2, 0.25) is 5.91 Å². The fourth-order valence-corrected chi connectivity index (χ4v) is 1.22. The molecule has 8 heteroatoms. The van der Waals surface area contributed by atoms with Crippen LogP contribution in [0.5, 0.6) is 0 Å². The summed E-state index contributed by atoms with van der Waals surface area (Å²) < 4.78 is 36.7. The Morgan fingerprint density at radius 2 is 2.06 bits per heavy atom. The van der Waals surface area contributed by atoms with Crippen molar-refractivity contribution in [2.45, 2.75) is 19.1 Å². The number of nitrogens with one attached hydrogen (secondary N) is 1. The van der Waals surface area contributed by atoms with Crippen molar-refractivity contribution in [3.05, 3.63) is 12.7 Å². The molecule has 0 fully saturated rings. The molecule has 0 aliphatic rings. The summed E-state index contributed by atoms with van der Waals surface area (Å²) >= 11 is 0. The van der Waals surface area contributed by atoms with E-state index in [4.69, 9.17) is 5.11 Å². The Hall–Kier alpha value is -1.57. The van der Waals surface area contributed by atoms with E-state index in [1.165, 1.54) is 13.0 Å². The van der Waals surface area contributed by atoms with Gasteiger partial charge >= 0.3 is 12.1 Å². The Morgan fingerprint density at radius 3 is 2.44 bits per heavy atom. The molecule has 1 atom stereocenters. The first-order chi connectivity index (χ1) is 8.17. The Morgan fingerprint density at radius 1 is 1.50 bits per heavy atom. The highest BCUT2D eigenvalue weighted by Crippen LogP contribution is 2.17. The number of amides is 1. The number of carbonyl (C=O) groups is 2. The van der Waals surface area contributed by atoms with Gasteiger partial charge in [-0.05, 0) is 6.92 Å². The Labute approximate surface area is 102 Å². The number of rotatable bonds is 7. The minimum atomic E-state index is -4.57. The van der Waals surface area contributed by atoms with Crippen LogP contribution < -0.4 is 5.32 Å². The molecule has 0 spiro atoms. The highest BCUT2D eigenvalue weighted by atomic mass is 19.4. The lowest BCUT2D eigenvalue weighted by molar-refractivity contribution is -0.160. The van der Waals surface area contributed by atoms with Gasteiger partial charge in [-0.3, -0.25) is 14.5 Å². The molecule has 1 amide bonds. The fraction of sp³-hybridized carbons (Fsp3) is 0.600. The van der Waals surface area contributed by atoms with E-state index in [1.807, 2.05) is 0 Å². The minimum Gasteiger partial charge on any atom is -0.480 e. The average Bonchev–Trinajstić information content (AvgIpc) is 2.21. The van der Waals surface area contributed by atoms with Crippen LogP contribution in [0, 0.1) is 0 Å². The molecule has 2 N–H and O–H groups in total. The molecular formula is C10H15F3N2O3. The van der Waals surface area contributed by atoms with Crippen LogP contribution in [-0.2, 0) is 9.59 Å². The second-order valence-electron chi connectivity index (χ2n) is 3.62. The summed E-state index contributed by atoms with van der Waals surface area (Å²) in [5.41, 5.74) is 0. The summed E-state index contributed by atoms with van der Waals surface area (Å²) in [5, 5.41) is 10.8. The Balaban J connectivity index is 4.67. The zero-order valence-corrected chi connectivity index (χ0v) is 9.83. The van der Waals surface area contributed by atoms with E-state index in [1.54, 1.807) is 0 Å². The summed E-state index contributed by atoms with van der Waals surface area (Å²) in [6, 6.07) is -1.19. The van der Waals surface area contributed by atoms with Gasteiger partial charge in [-0.1, -0.05) is 6.08 Å². The van der Waals surface area contributed by atoms with Gasteiger partial charge in [-0.2, -0.15) is 13.2 Å². The number of alkyl halides is 3. The summed E-state index contributed by atoms with van der Waals surface area (Å²) in [7, 11) is 0. The normalized spacial score (nSPS) is 13.2. The standard InChI is InChI=1S/C10H15F3N2O3/c1-3-4-14-9(18)7(2)15(5-8(16)17)6-10(11,12)13/h3,7H,1,4-6H2,2H3,(H,14,18)(H,16,17). The molecule has 0 heterocycles. The number of carboxylic acid groups (broad SMARTS) is 1. The van der Waals surface area contributed by atoms with Gasteiger partial charge in [0.25, 0.3) is 0 Å². The molecule has 0 radical (unpaired) electrons. The largest absolute Gasteiger partial charge is 0.480 e. The van der Waals surface area contributed by atoms with Crippen molar-refractivity contribution >= 4 is 11.9 Å². The zero-order valence-electron chi connectivity index (χ0n) is 9.83. The molecule has 104 valence electrons. The maximum atomic E-state index is 12.2. The quantitative estimate of drug-likeness (QED) is 0.664. The summed E-state index contributed by atoms with van der Waals surface area (Å²) in [6.07, 6.45) is -3.20. The van der Waals surface area contributed by atoms with E-state index in [0.29, 0.717) is 4.90 Å². The first kappa shape index (κ1) is 16.4. The molecule has 0 aliphatic carbocycles. The second kappa shape index (κ2) is 7.00. The van der Waals surface area contributed by atoms with E-state index in [2.05, 4.69) is 11.9 Å². The SMILES string of the molecule is C=CCNC(=O)C(C)N(CC(=O)O)CC(F)(F)F. The molecule has 0 aliphatic heterocycles. The zero-order chi connectivity index (χ0) is 14.3. The van der Waals surface area contributed by atoms with Gasteiger partial charge in [-0.15, -0.1) is 6.58 Å². The third kappa shape index (κ3) is 6.89. The van der Waals surface area contributed by atoms with E-state index >= 15 is 0 Å². The number of hydrogen-bond acceptors (Lipinski definition) is 3. The third-order valence-electron chi connectivity index (χ3n) is 2.07. The van der Waals surface area contributed by atoms with E-state index < -0.39 is 37.2 Å². The summed E-state index contributed by atoms with van der Waals surface area (Å²) in [6.45, 7) is 2.35. The lowest BCUT2D eigenvalue weighted by Crippen LogP contribution is -2.50. The van der Waals surface area contributed by atoms with Crippen LogP contribution in [0.1, 0.15) is 6.92 Å². The molecule has 0 aromatic heterocycles. The van der Waals surface area contributed by atoms with Crippen LogP contribution in [0.2, 0.25) is 0 Å². The number of hydrogen-bond donors (Lipinski definition) is 2. The van der Waals surface area contributed by atoms with Gasteiger partial charge in [-0.25, -0.2) is 0 Å². The first-order valence-electron chi connectivity index (χ1n) is 5.08. The molecule has 0 saturated heterocycles. The number of carbonyl (C=O) groups excluding carboxylic acids is 1. The predicted molar refractivity (Wildman–Crippen MR) is 57.9 cm³/mol. The van der Waals surface area contributed by atoms with Crippen molar-refractivity contribution in [2.24, 2.45) is 0 Å². The second-order valence-corrected chi connectivity index (χ2v) is 3.62. The molecule has 1 unspecified atom stereocenters. The Kier molecular flexibility index (Phi) is 6.39. The third-order valence-corrected chi connectivity index (χ3v) is 2.07. The van der Waals surface area contributed by atoms with Crippen molar-refractivity contribution < 1.29 is 27.9 Å². The molecule has 5 nitrogen and oxygen atoms in total. The van der Waals surface area contributed by atoms with Crippen LogP contribution in [-0.4, -0.2) is 53.7 Å². The monoisotopic (exact) mass is 268 g/mol. The van der Waals surface area contributed by atoms with Crippen LogP contribution in [0.3, 0.4) is 0 Å². The molecule has 0 bridgehead atoms. The highest BCUT2D eigenvalue weighted by Gasteiger charge is 2.35. The maximum Gasteiger partial charge on any atom is 0.401 e. The smallest absolute Gasteiger partial charge is 0.401 e. The van der Waals surface area contributed by atoms with E-state index in [0.717, 1.165) is 0 Å². The number of aliphatic carboxylic acids is 1. The van der Waals surface area contributed by atoms with Crippen molar-refractivity contribution in [2.75, 3.05) is 19.6 Å². The van der Waals surface area contributed by atoms with Gasteiger partial charge in [0.05, 0.1) is 19.1 Å². The molecule has 0 aromatic carbocycles. The van der Waals surface area contributed by atoms with Crippen LogP contribution >= 0.6 is 0 Å². The maximum absolute atomic E-state index is 12.2. The van der Waals surface area contributed by atoms with Crippen LogP contribution in [0.15, 0.2) is 12.7 Å². The van der Waals surface area contributed by atoms with Crippen molar-refractivity contribution in [3.8, 4) is 0 Å². The topological polar surface area (TPSA) is 69.6 Å². The number of nitrogens with zero attached hydrogens (tertiary/aromatic N) is 1. The van der Waals surface area contributed by atoms with Gasteiger partial charge < -0.3 is 10.4 Å². The summed E-state index contributed by atoms with van der Waals surface area (Å²) in [4.78, 5) is 22.5. The molecular weight excluding hydrogens is 253 g/mol. The average molecular weight is 268 g/mol.